The van der Waals surface area contributed by atoms with Gasteiger partial charge >= 0.3 is 0 Å². The summed E-state index contributed by atoms with van der Waals surface area (Å²) in [6, 6.07) is 27.4. The zero-order chi connectivity index (χ0) is 25.5. The van der Waals surface area contributed by atoms with Crippen LogP contribution < -0.4 is 10.1 Å². The predicted octanol–water partition coefficient (Wildman–Crippen LogP) is 7.38. The monoisotopic (exact) mass is 513 g/mol. The van der Waals surface area contributed by atoms with Gasteiger partial charge in [0.05, 0.1) is 23.4 Å². The van der Waals surface area contributed by atoms with E-state index in [-0.39, 0.29) is 12.3 Å². The number of pyridine rings is 1. The van der Waals surface area contributed by atoms with Crippen LogP contribution in [0.3, 0.4) is 0 Å². The van der Waals surface area contributed by atoms with Gasteiger partial charge in [0.1, 0.15) is 16.8 Å². The van der Waals surface area contributed by atoms with E-state index in [1.165, 1.54) is 18.9 Å². The maximum atomic E-state index is 12.5. The van der Waals surface area contributed by atoms with E-state index in [0.717, 1.165) is 27.9 Å². The van der Waals surface area contributed by atoms with E-state index in [4.69, 9.17) is 21.3 Å². The maximum Gasteiger partial charge on any atom is 0.225 e. The highest BCUT2D eigenvalue weighted by Gasteiger charge is 2.16. The third kappa shape index (κ3) is 6.06. The topological polar surface area (TPSA) is 75.0 Å². The molecule has 0 unspecified atom stereocenters. The number of carbonyl (C=O) groups is 1. The first kappa shape index (κ1) is 25.3. The third-order valence-electron chi connectivity index (χ3n) is 5.53. The van der Waals surface area contributed by atoms with Crippen molar-refractivity contribution in [2.75, 3.05) is 18.2 Å². The van der Waals surface area contributed by atoms with Crippen molar-refractivity contribution >= 4 is 35.0 Å². The van der Waals surface area contributed by atoms with Crippen molar-refractivity contribution in [1.29, 1.82) is 5.26 Å². The maximum absolute atomic E-state index is 12.5. The molecule has 7 heteroatoms. The molecule has 1 aromatic heterocycles. The summed E-state index contributed by atoms with van der Waals surface area (Å²) in [6.45, 7) is 2.03. The van der Waals surface area contributed by atoms with Gasteiger partial charge in [0.2, 0.25) is 5.91 Å². The molecule has 0 bridgehead atoms. The third-order valence-corrected chi connectivity index (χ3v) is 6.81. The van der Waals surface area contributed by atoms with Crippen LogP contribution in [0.4, 0.5) is 5.69 Å². The van der Waals surface area contributed by atoms with Gasteiger partial charge in [0, 0.05) is 29.0 Å². The average molecular weight is 514 g/mol. The van der Waals surface area contributed by atoms with Crippen LogP contribution >= 0.6 is 23.4 Å². The molecular weight excluding hydrogens is 490 g/mol. The van der Waals surface area contributed by atoms with Gasteiger partial charge in [-0.05, 0) is 36.8 Å². The Bertz CT molecular complexity index is 1420. The fourth-order valence-corrected chi connectivity index (χ4v) is 4.86. The van der Waals surface area contributed by atoms with Gasteiger partial charge in [0.15, 0.2) is 0 Å². The van der Waals surface area contributed by atoms with Crippen molar-refractivity contribution in [1.82, 2.24) is 4.98 Å². The van der Waals surface area contributed by atoms with Crippen molar-refractivity contribution < 1.29 is 9.53 Å². The number of anilines is 1. The Morgan fingerprint density at radius 3 is 2.47 bits per heavy atom. The number of nitrogens with zero attached hydrogens (tertiary/aromatic N) is 2. The van der Waals surface area contributed by atoms with Crippen molar-refractivity contribution in [2.45, 2.75) is 18.4 Å². The normalized spacial score (nSPS) is 10.5. The minimum atomic E-state index is -0.153. The first-order valence-electron chi connectivity index (χ1n) is 11.3. The molecule has 0 saturated heterocycles. The van der Waals surface area contributed by atoms with E-state index < -0.39 is 0 Å². The van der Waals surface area contributed by atoms with Crippen molar-refractivity contribution in [2.24, 2.45) is 0 Å². The lowest BCUT2D eigenvalue weighted by atomic mass is 9.98. The fourth-order valence-electron chi connectivity index (χ4n) is 3.66. The lowest BCUT2D eigenvalue weighted by Crippen LogP contribution is -2.12. The highest BCUT2D eigenvalue weighted by atomic mass is 35.5. The minimum Gasteiger partial charge on any atom is -0.495 e. The minimum absolute atomic E-state index is 0.153. The average Bonchev–Trinajstić information content (AvgIpc) is 2.89. The van der Waals surface area contributed by atoms with Gasteiger partial charge in [0.25, 0.3) is 0 Å². The van der Waals surface area contributed by atoms with Crippen LogP contribution in [0.25, 0.3) is 22.4 Å². The Labute approximate surface area is 220 Å². The number of methoxy groups -OCH3 is 1. The Kier molecular flexibility index (Phi) is 8.27. The number of aromatic nitrogens is 1. The van der Waals surface area contributed by atoms with Crippen LogP contribution in [-0.2, 0) is 4.79 Å². The van der Waals surface area contributed by atoms with Gasteiger partial charge in [-0.1, -0.05) is 71.8 Å². The summed E-state index contributed by atoms with van der Waals surface area (Å²) in [5.41, 5.74) is 5.77. The van der Waals surface area contributed by atoms with Crippen LogP contribution in [-0.4, -0.2) is 23.8 Å². The van der Waals surface area contributed by atoms with Gasteiger partial charge in [-0.25, -0.2) is 4.98 Å². The molecule has 4 aromatic rings. The molecule has 1 amide bonds. The van der Waals surface area contributed by atoms with E-state index >= 15 is 0 Å². The van der Waals surface area contributed by atoms with E-state index in [1.54, 1.807) is 18.2 Å². The number of amides is 1. The molecular formula is C29H24ClN3O2S. The van der Waals surface area contributed by atoms with Crippen LogP contribution in [0.1, 0.15) is 17.5 Å². The summed E-state index contributed by atoms with van der Waals surface area (Å²) in [7, 11) is 1.54. The molecule has 180 valence electrons. The quantitative estimate of drug-likeness (QED) is 0.249. The molecule has 5 nitrogen and oxygen atoms in total. The van der Waals surface area contributed by atoms with Crippen LogP contribution in [0.5, 0.6) is 5.75 Å². The summed E-state index contributed by atoms with van der Waals surface area (Å²) < 4.78 is 5.15. The largest absolute Gasteiger partial charge is 0.495 e. The second kappa shape index (κ2) is 11.8. The van der Waals surface area contributed by atoms with Gasteiger partial charge < -0.3 is 10.1 Å². The Balaban J connectivity index is 1.56. The molecule has 0 saturated carbocycles. The molecule has 0 aliphatic carbocycles. The van der Waals surface area contributed by atoms with Crippen LogP contribution in [0, 0.1) is 18.3 Å². The lowest BCUT2D eigenvalue weighted by molar-refractivity contribution is -0.115. The Hall–Kier alpha value is -3.79. The zero-order valence-electron chi connectivity index (χ0n) is 19.9. The number of thioether (sulfide) groups is 1. The zero-order valence-corrected chi connectivity index (χ0v) is 21.5. The lowest BCUT2D eigenvalue weighted by Gasteiger charge is -2.13. The van der Waals surface area contributed by atoms with Gasteiger partial charge in [-0.15, -0.1) is 11.8 Å². The highest BCUT2D eigenvalue weighted by Crippen LogP contribution is 2.34. The SMILES string of the molecule is COc1ccc(NC(=O)CCSc2nc(-c3ccccc3)cc(-c3ccc(C)cc3)c2C#N)cc1Cl. The summed E-state index contributed by atoms with van der Waals surface area (Å²) in [5.74, 6) is 0.853. The van der Waals surface area contributed by atoms with E-state index in [9.17, 15) is 10.1 Å². The number of halogens is 1. The van der Waals surface area contributed by atoms with Crippen LogP contribution in [0.15, 0.2) is 83.9 Å². The number of rotatable bonds is 8. The number of nitriles is 1. The van der Waals surface area contributed by atoms with E-state index in [2.05, 4.69) is 11.4 Å². The number of aryl methyl sites for hydroxylation is 1. The smallest absolute Gasteiger partial charge is 0.225 e. The van der Waals surface area contributed by atoms with Crippen molar-refractivity contribution in [3.05, 3.63) is 95.0 Å². The number of benzene rings is 3. The molecule has 3 aromatic carbocycles. The van der Waals surface area contributed by atoms with E-state index in [1.807, 2.05) is 67.6 Å². The number of hydrogen-bond donors (Lipinski definition) is 1. The summed E-state index contributed by atoms with van der Waals surface area (Å²) in [6.07, 6.45) is 0.246. The Morgan fingerprint density at radius 1 is 1.06 bits per heavy atom. The standard InChI is InChI=1S/C29H24ClN3O2S/c1-19-8-10-20(11-9-19)23-17-26(21-6-4-3-5-7-21)33-29(24(23)18-31)36-15-14-28(34)32-22-12-13-27(35-2)25(30)16-22/h3-13,16-17H,14-15H2,1-2H3,(H,32,34). The number of hydrogen-bond acceptors (Lipinski definition) is 5. The molecule has 4 rings (SSSR count). The Morgan fingerprint density at radius 2 is 1.81 bits per heavy atom. The second-order valence-electron chi connectivity index (χ2n) is 8.08. The molecule has 0 fully saturated rings. The van der Waals surface area contributed by atoms with E-state index in [0.29, 0.717) is 32.8 Å². The summed E-state index contributed by atoms with van der Waals surface area (Å²) in [4.78, 5) is 17.4. The van der Waals surface area contributed by atoms with Gasteiger partial charge in [-0.2, -0.15) is 5.26 Å². The number of carbonyl (C=O) groups excluding carboxylic acids is 1. The molecule has 36 heavy (non-hydrogen) atoms. The summed E-state index contributed by atoms with van der Waals surface area (Å²) >= 11 is 7.55. The van der Waals surface area contributed by atoms with Crippen molar-refractivity contribution in [3.8, 4) is 34.2 Å². The van der Waals surface area contributed by atoms with Gasteiger partial charge in [-0.3, -0.25) is 4.79 Å². The second-order valence-corrected chi connectivity index (χ2v) is 9.57. The molecule has 0 aliphatic heterocycles. The first-order chi connectivity index (χ1) is 17.5. The molecule has 0 radical (unpaired) electrons. The molecule has 1 N–H and O–H groups in total. The summed E-state index contributed by atoms with van der Waals surface area (Å²) in [5, 5.41) is 13.9. The first-order valence-corrected chi connectivity index (χ1v) is 12.7. The predicted molar refractivity (Wildman–Crippen MR) is 147 cm³/mol. The number of nitrogens with one attached hydrogen (secondary N) is 1. The van der Waals surface area contributed by atoms with Crippen molar-refractivity contribution in [3.63, 3.8) is 0 Å². The highest BCUT2D eigenvalue weighted by molar-refractivity contribution is 7.99. The molecule has 0 atom stereocenters. The molecule has 0 spiro atoms. The fraction of sp³-hybridized carbons (Fsp3) is 0.138. The number of ether oxygens (including phenoxy) is 1. The molecule has 0 aliphatic rings. The van der Waals surface area contributed by atoms with Crippen LogP contribution in [0.2, 0.25) is 5.02 Å². The molecule has 1 heterocycles.